The average molecular weight is 363 g/mol. The van der Waals surface area contributed by atoms with Crippen molar-refractivity contribution in [3.05, 3.63) is 61.9 Å². The van der Waals surface area contributed by atoms with E-state index in [2.05, 4.69) is 4.98 Å². The van der Waals surface area contributed by atoms with Crippen LogP contribution in [-0.2, 0) is 4.79 Å². The van der Waals surface area contributed by atoms with E-state index in [1.807, 2.05) is 4.98 Å². The van der Waals surface area contributed by atoms with Gasteiger partial charge in [-0.15, -0.1) is 0 Å². The highest BCUT2D eigenvalue weighted by Gasteiger charge is 2.34. The molecule has 0 unspecified atom stereocenters. The summed E-state index contributed by atoms with van der Waals surface area (Å²) >= 11 is 5.97. The van der Waals surface area contributed by atoms with Gasteiger partial charge in [0.1, 0.15) is 12.1 Å². The van der Waals surface area contributed by atoms with Crippen molar-refractivity contribution >= 4 is 29.1 Å². The topological polar surface area (TPSA) is 106 Å². The molecule has 1 saturated heterocycles. The van der Waals surface area contributed by atoms with Gasteiger partial charge in [-0.3, -0.25) is 19.4 Å². The number of carbonyl (C=O) groups is 2. The van der Waals surface area contributed by atoms with E-state index in [1.165, 1.54) is 4.90 Å². The van der Waals surface area contributed by atoms with Crippen molar-refractivity contribution in [3.63, 3.8) is 0 Å². The Balaban J connectivity index is 1.85. The number of carbonyl (C=O) groups excluding carboxylic acids is 2. The summed E-state index contributed by atoms with van der Waals surface area (Å²) < 4.78 is 0. The normalized spacial score (nSPS) is 17.7. The summed E-state index contributed by atoms with van der Waals surface area (Å²) in [5.41, 5.74) is -1.05. The molecule has 1 aromatic heterocycles. The minimum absolute atomic E-state index is 0.176. The van der Waals surface area contributed by atoms with Crippen LogP contribution in [0, 0.1) is 0 Å². The molecule has 1 aliphatic rings. The van der Waals surface area contributed by atoms with Crippen molar-refractivity contribution in [2.24, 2.45) is 0 Å². The van der Waals surface area contributed by atoms with Gasteiger partial charge < -0.3 is 14.8 Å². The molecule has 0 bridgehead atoms. The number of aromatic amines is 2. The number of amides is 2. The lowest BCUT2D eigenvalue weighted by Crippen LogP contribution is -2.57. The number of piperazine rings is 1. The predicted octanol–water partition coefficient (Wildman–Crippen LogP) is 0.594. The van der Waals surface area contributed by atoms with Crippen LogP contribution in [0.5, 0.6) is 0 Å². The van der Waals surface area contributed by atoms with Crippen LogP contribution in [0.2, 0.25) is 5.02 Å². The number of H-pyrrole nitrogens is 2. The van der Waals surface area contributed by atoms with Gasteiger partial charge >= 0.3 is 5.69 Å². The number of benzene rings is 1. The molecule has 0 saturated carbocycles. The van der Waals surface area contributed by atoms with Gasteiger partial charge in [-0.2, -0.15) is 0 Å². The van der Waals surface area contributed by atoms with Crippen molar-refractivity contribution < 1.29 is 9.59 Å². The summed E-state index contributed by atoms with van der Waals surface area (Å²) in [4.78, 5) is 55.1. The molecule has 25 heavy (non-hydrogen) atoms. The van der Waals surface area contributed by atoms with Crippen LogP contribution in [-0.4, -0.2) is 45.8 Å². The van der Waals surface area contributed by atoms with Gasteiger partial charge in [-0.25, -0.2) is 4.79 Å². The number of halogens is 1. The molecule has 0 aliphatic carbocycles. The highest BCUT2D eigenvalue weighted by molar-refractivity contribution is 6.30. The quantitative estimate of drug-likeness (QED) is 0.815. The SMILES string of the molecule is C[C@H]1CN(c2cccc(Cl)c2)C(=O)CN1C(=O)c1c[nH]c(=O)[nH]c1=O. The first-order valence-corrected chi connectivity index (χ1v) is 7.93. The molecule has 2 N–H and O–H groups in total. The van der Waals surface area contributed by atoms with Gasteiger partial charge in [0.2, 0.25) is 5.91 Å². The first kappa shape index (κ1) is 17.0. The van der Waals surface area contributed by atoms with E-state index in [4.69, 9.17) is 11.6 Å². The Labute approximate surface area is 147 Å². The van der Waals surface area contributed by atoms with Crippen molar-refractivity contribution in [2.75, 3.05) is 18.0 Å². The number of aromatic nitrogens is 2. The third-order valence-electron chi connectivity index (χ3n) is 4.02. The molecule has 1 aromatic carbocycles. The van der Waals surface area contributed by atoms with E-state index in [0.717, 1.165) is 6.20 Å². The molecule has 1 aliphatic heterocycles. The standard InChI is InChI=1S/C16H15ClN4O4/c1-9-7-21(11-4-2-3-10(17)5-11)13(22)8-20(9)15(24)12-6-18-16(25)19-14(12)23/h2-6,9H,7-8H2,1H3,(H2,18,19,23,25)/t9-/m0/s1. The Hall–Kier alpha value is -2.87. The summed E-state index contributed by atoms with van der Waals surface area (Å²) in [6.07, 6.45) is 1.06. The molecule has 2 aromatic rings. The zero-order valence-electron chi connectivity index (χ0n) is 13.3. The molecule has 2 heterocycles. The Bertz CT molecular complexity index is 951. The van der Waals surface area contributed by atoms with E-state index >= 15 is 0 Å². The van der Waals surface area contributed by atoms with Gasteiger partial charge in [-0.1, -0.05) is 17.7 Å². The van der Waals surface area contributed by atoms with E-state index in [0.29, 0.717) is 10.7 Å². The molecule has 130 valence electrons. The molecule has 8 nitrogen and oxygen atoms in total. The van der Waals surface area contributed by atoms with Crippen molar-refractivity contribution in [1.29, 1.82) is 0 Å². The molecule has 3 rings (SSSR count). The fraction of sp³-hybridized carbons (Fsp3) is 0.250. The van der Waals surface area contributed by atoms with E-state index < -0.39 is 17.2 Å². The fourth-order valence-corrected chi connectivity index (χ4v) is 2.92. The van der Waals surface area contributed by atoms with Crippen LogP contribution < -0.4 is 16.1 Å². The number of nitrogens with one attached hydrogen (secondary N) is 2. The minimum Gasteiger partial charge on any atom is -0.325 e. The summed E-state index contributed by atoms with van der Waals surface area (Å²) in [7, 11) is 0. The average Bonchev–Trinajstić information content (AvgIpc) is 2.56. The lowest BCUT2D eigenvalue weighted by atomic mass is 10.1. The van der Waals surface area contributed by atoms with Crippen molar-refractivity contribution in [2.45, 2.75) is 13.0 Å². The van der Waals surface area contributed by atoms with Gasteiger partial charge in [0.25, 0.3) is 11.5 Å². The number of hydrogen-bond donors (Lipinski definition) is 2. The second kappa shape index (κ2) is 6.56. The first-order valence-electron chi connectivity index (χ1n) is 7.55. The highest BCUT2D eigenvalue weighted by atomic mass is 35.5. The molecular formula is C16H15ClN4O4. The second-order valence-corrected chi connectivity index (χ2v) is 6.19. The largest absolute Gasteiger partial charge is 0.325 e. The van der Waals surface area contributed by atoms with Gasteiger partial charge in [0.05, 0.1) is 0 Å². The Morgan fingerprint density at radius 3 is 2.72 bits per heavy atom. The smallest absolute Gasteiger partial charge is 0.325 e. The zero-order chi connectivity index (χ0) is 18.1. The van der Waals surface area contributed by atoms with E-state index in [1.54, 1.807) is 36.1 Å². The third kappa shape index (κ3) is 3.34. The van der Waals surface area contributed by atoms with E-state index in [-0.39, 0.29) is 30.6 Å². The number of anilines is 1. The molecular weight excluding hydrogens is 348 g/mol. The second-order valence-electron chi connectivity index (χ2n) is 5.75. The lowest BCUT2D eigenvalue weighted by Gasteiger charge is -2.39. The lowest BCUT2D eigenvalue weighted by molar-refractivity contribution is -0.121. The summed E-state index contributed by atoms with van der Waals surface area (Å²) in [6.45, 7) is 1.87. The minimum atomic E-state index is -0.786. The first-order chi connectivity index (χ1) is 11.9. The van der Waals surface area contributed by atoms with Gasteiger partial charge in [0.15, 0.2) is 0 Å². The zero-order valence-corrected chi connectivity index (χ0v) is 14.0. The maximum absolute atomic E-state index is 12.6. The monoisotopic (exact) mass is 362 g/mol. The summed E-state index contributed by atoms with van der Waals surface area (Å²) in [5.74, 6) is -0.890. The maximum atomic E-state index is 12.6. The van der Waals surface area contributed by atoms with Crippen LogP contribution in [0.15, 0.2) is 40.1 Å². The Kier molecular flexibility index (Phi) is 4.45. The molecule has 1 fully saturated rings. The maximum Gasteiger partial charge on any atom is 0.325 e. The Morgan fingerprint density at radius 2 is 2.04 bits per heavy atom. The predicted molar refractivity (Wildman–Crippen MR) is 92.0 cm³/mol. The van der Waals surface area contributed by atoms with Crippen molar-refractivity contribution in [1.82, 2.24) is 14.9 Å². The van der Waals surface area contributed by atoms with Gasteiger partial charge in [-0.05, 0) is 25.1 Å². The summed E-state index contributed by atoms with van der Waals surface area (Å²) in [5, 5.41) is 0.510. The van der Waals surface area contributed by atoms with Gasteiger partial charge in [0, 0.05) is 29.5 Å². The van der Waals surface area contributed by atoms with Crippen LogP contribution in [0.25, 0.3) is 0 Å². The summed E-state index contributed by atoms with van der Waals surface area (Å²) in [6, 6.07) is 6.57. The Morgan fingerprint density at radius 1 is 1.28 bits per heavy atom. The molecule has 1 atom stereocenters. The van der Waals surface area contributed by atoms with Crippen molar-refractivity contribution in [3.8, 4) is 0 Å². The molecule has 0 spiro atoms. The third-order valence-corrected chi connectivity index (χ3v) is 4.25. The van der Waals surface area contributed by atoms with Crippen LogP contribution in [0.1, 0.15) is 17.3 Å². The van der Waals surface area contributed by atoms with Crippen LogP contribution >= 0.6 is 11.6 Å². The van der Waals surface area contributed by atoms with E-state index in [9.17, 15) is 19.2 Å². The van der Waals surface area contributed by atoms with Crippen LogP contribution in [0.3, 0.4) is 0 Å². The fourth-order valence-electron chi connectivity index (χ4n) is 2.74. The molecule has 0 radical (unpaired) electrons. The number of rotatable bonds is 2. The molecule has 9 heteroatoms. The van der Waals surface area contributed by atoms with Crippen LogP contribution in [0.4, 0.5) is 5.69 Å². The highest BCUT2D eigenvalue weighted by Crippen LogP contribution is 2.23. The molecule has 2 amide bonds. The number of hydrogen-bond acceptors (Lipinski definition) is 4. The number of nitrogens with zero attached hydrogens (tertiary/aromatic N) is 2.